The van der Waals surface area contributed by atoms with Crippen molar-refractivity contribution in [1.82, 2.24) is 0 Å². The van der Waals surface area contributed by atoms with Crippen LogP contribution in [0.4, 0.5) is 0 Å². The van der Waals surface area contributed by atoms with Crippen molar-refractivity contribution in [1.29, 1.82) is 0 Å². The van der Waals surface area contributed by atoms with Gasteiger partial charge in [-0.2, -0.15) is 0 Å². The SMILES string of the molecule is CCCCCCCCCCCCCCCC(=O)OC(N)C(C)O. The first-order chi connectivity index (χ1) is 11.1. The minimum Gasteiger partial charge on any atom is -0.444 e. The van der Waals surface area contributed by atoms with E-state index in [9.17, 15) is 4.79 Å². The van der Waals surface area contributed by atoms with Gasteiger partial charge in [-0.15, -0.1) is 0 Å². The highest BCUT2D eigenvalue weighted by Gasteiger charge is 2.14. The van der Waals surface area contributed by atoms with E-state index in [-0.39, 0.29) is 5.97 Å². The number of nitrogens with two attached hydrogens (primary N) is 1. The molecule has 0 rings (SSSR count). The summed E-state index contributed by atoms with van der Waals surface area (Å²) < 4.78 is 4.91. The van der Waals surface area contributed by atoms with Crippen LogP contribution in [0.5, 0.6) is 0 Å². The van der Waals surface area contributed by atoms with E-state index in [1.165, 1.54) is 77.6 Å². The molecule has 0 aliphatic carbocycles. The number of aliphatic hydroxyl groups is 1. The van der Waals surface area contributed by atoms with Crippen molar-refractivity contribution in [3.05, 3.63) is 0 Å². The molecule has 0 amide bonds. The van der Waals surface area contributed by atoms with Gasteiger partial charge in [-0.25, -0.2) is 0 Å². The van der Waals surface area contributed by atoms with Crippen molar-refractivity contribution in [2.45, 2.75) is 116 Å². The zero-order valence-electron chi connectivity index (χ0n) is 15.4. The maximum absolute atomic E-state index is 11.4. The van der Waals surface area contributed by atoms with Crippen LogP contribution < -0.4 is 5.73 Å². The minimum atomic E-state index is -0.899. The highest BCUT2D eigenvalue weighted by molar-refractivity contribution is 5.69. The van der Waals surface area contributed by atoms with Crippen molar-refractivity contribution in [3.63, 3.8) is 0 Å². The van der Waals surface area contributed by atoms with Gasteiger partial charge in [0.15, 0.2) is 6.23 Å². The Kier molecular flexibility index (Phi) is 15.8. The summed E-state index contributed by atoms with van der Waals surface area (Å²) in [4.78, 5) is 11.4. The van der Waals surface area contributed by atoms with Gasteiger partial charge in [-0.1, -0.05) is 84.0 Å². The van der Waals surface area contributed by atoms with Crippen LogP contribution in [-0.2, 0) is 9.53 Å². The number of hydrogen-bond donors (Lipinski definition) is 2. The van der Waals surface area contributed by atoms with Crippen molar-refractivity contribution < 1.29 is 14.6 Å². The monoisotopic (exact) mass is 329 g/mol. The van der Waals surface area contributed by atoms with Crippen molar-refractivity contribution in [2.75, 3.05) is 0 Å². The quantitative estimate of drug-likeness (QED) is 0.245. The first kappa shape index (κ1) is 22.4. The zero-order chi connectivity index (χ0) is 17.3. The first-order valence-electron chi connectivity index (χ1n) is 9.71. The second kappa shape index (κ2) is 16.3. The molecule has 0 radical (unpaired) electrons. The summed E-state index contributed by atoms with van der Waals surface area (Å²) in [6.07, 6.45) is 15.4. The molecule has 0 heterocycles. The number of esters is 1. The number of unbranched alkanes of at least 4 members (excludes halogenated alkanes) is 12. The largest absolute Gasteiger partial charge is 0.444 e. The lowest BCUT2D eigenvalue weighted by Gasteiger charge is -2.15. The van der Waals surface area contributed by atoms with Crippen LogP contribution in [0.2, 0.25) is 0 Å². The van der Waals surface area contributed by atoms with Gasteiger partial charge in [0.25, 0.3) is 0 Å². The van der Waals surface area contributed by atoms with Gasteiger partial charge < -0.3 is 9.84 Å². The lowest BCUT2D eigenvalue weighted by Crippen LogP contribution is -2.37. The van der Waals surface area contributed by atoms with Gasteiger partial charge in [0.05, 0.1) is 0 Å². The number of carbonyl (C=O) groups is 1. The van der Waals surface area contributed by atoms with Crippen molar-refractivity contribution in [3.8, 4) is 0 Å². The molecule has 138 valence electrons. The Morgan fingerprint density at radius 3 is 1.65 bits per heavy atom. The summed E-state index contributed by atoms with van der Waals surface area (Å²) >= 11 is 0. The zero-order valence-corrected chi connectivity index (χ0v) is 15.4. The Hall–Kier alpha value is -0.610. The molecule has 0 aliphatic heterocycles. The summed E-state index contributed by atoms with van der Waals surface area (Å²) in [6, 6.07) is 0. The van der Waals surface area contributed by atoms with Gasteiger partial charge in [0.2, 0.25) is 0 Å². The molecule has 0 aromatic rings. The fraction of sp³-hybridized carbons (Fsp3) is 0.947. The number of rotatable bonds is 16. The van der Waals surface area contributed by atoms with Crippen LogP contribution >= 0.6 is 0 Å². The normalized spacial score (nSPS) is 13.7. The second-order valence-electron chi connectivity index (χ2n) is 6.69. The average molecular weight is 330 g/mol. The molecule has 4 nitrogen and oxygen atoms in total. The van der Waals surface area contributed by atoms with Gasteiger partial charge in [-0.3, -0.25) is 10.5 Å². The average Bonchev–Trinajstić information content (AvgIpc) is 2.51. The Morgan fingerprint density at radius 2 is 1.26 bits per heavy atom. The number of aliphatic hydroxyl groups excluding tert-OH is 1. The molecule has 0 saturated carbocycles. The standard InChI is InChI=1S/C19H39NO3/c1-3-4-5-6-7-8-9-10-11-12-13-14-15-16-18(22)23-19(20)17(2)21/h17,19,21H,3-16,20H2,1-2H3. The highest BCUT2D eigenvalue weighted by atomic mass is 16.6. The minimum absolute atomic E-state index is 0.304. The predicted octanol–water partition coefficient (Wildman–Crippen LogP) is 4.68. The van der Waals surface area contributed by atoms with Crippen LogP contribution in [0, 0.1) is 0 Å². The highest BCUT2D eigenvalue weighted by Crippen LogP contribution is 2.13. The van der Waals surface area contributed by atoms with E-state index < -0.39 is 12.3 Å². The van der Waals surface area contributed by atoms with Crippen LogP contribution in [0.15, 0.2) is 0 Å². The van der Waals surface area contributed by atoms with Gasteiger partial charge in [-0.05, 0) is 13.3 Å². The Bertz CT molecular complexity index is 269. The molecule has 3 N–H and O–H groups in total. The number of hydrogen-bond acceptors (Lipinski definition) is 4. The molecule has 0 bridgehead atoms. The predicted molar refractivity (Wildman–Crippen MR) is 96.1 cm³/mol. The molecule has 2 atom stereocenters. The molecule has 23 heavy (non-hydrogen) atoms. The topological polar surface area (TPSA) is 72.5 Å². The summed E-state index contributed by atoms with van der Waals surface area (Å²) in [6.45, 7) is 3.77. The van der Waals surface area contributed by atoms with Gasteiger partial charge >= 0.3 is 5.97 Å². The molecule has 0 saturated heterocycles. The molecule has 0 spiro atoms. The molecule has 0 aliphatic rings. The van der Waals surface area contributed by atoms with E-state index in [1.807, 2.05) is 0 Å². The number of carbonyl (C=O) groups excluding carboxylic acids is 1. The summed E-state index contributed by atoms with van der Waals surface area (Å²) in [7, 11) is 0. The third-order valence-corrected chi connectivity index (χ3v) is 4.23. The van der Waals surface area contributed by atoms with E-state index in [0.29, 0.717) is 6.42 Å². The van der Waals surface area contributed by atoms with Crippen LogP contribution in [0.1, 0.15) is 104 Å². The van der Waals surface area contributed by atoms with Crippen LogP contribution in [-0.4, -0.2) is 23.4 Å². The fourth-order valence-electron chi connectivity index (χ4n) is 2.60. The van der Waals surface area contributed by atoms with Crippen molar-refractivity contribution in [2.24, 2.45) is 5.73 Å². The Morgan fingerprint density at radius 1 is 0.870 bits per heavy atom. The van der Waals surface area contributed by atoms with E-state index in [0.717, 1.165) is 12.8 Å². The molecular weight excluding hydrogens is 290 g/mol. The Balaban J connectivity index is 3.20. The molecular formula is C19H39NO3. The van der Waals surface area contributed by atoms with Crippen LogP contribution in [0.3, 0.4) is 0 Å². The van der Waals surface area contributed by atoms with Gasteiger partial charge in [0, 0.05) is 6.42 Å². The molecule has 0 aromatic heterocycles. The number of ether oxygens (including phenoxy) is 1. The lowest BCUT2D eigenvalue weighted by atomic mass is 10.0. The van der Waals surface area contributed by atoms with Gasteiger partial charge in [0.1, 0.15) is 6.10 Å². The smallest absolute Gasteiger partial charge is 0.307 e. The molecule has 4 heteroatoms. The maximum Gasteiger partial charge on any atom is 0.307 e. The third-order valence-electron chi connectivity index (χ3n) is 4.23. The van der Waals surface area contributed by atoms with Crippen LogP contribution in [0.25, 0.3) is 0 Å². The summed E-state index contributed by atoms with van der Waals surface area (Å²) in [5.41, 5.74) is 5.47. The van der Waals surface area contributed by atoms with E-state index in [4.69, 9.17) is 15.6 Å². The molecule has 0 aromatic carbocycles. The van der Waals surface area contributed by atoms with E-state index >= 15 is 0 Å². The fourth-order valence-corrected chi connectivity index (χ4v) is 2.60. The second-order valence-corrected chi connectivity index (χ2v) is 6.69. The third kappa shape index (κ3) is 16.0. The molecule has 0 fully saturated rings. The lowest BCUT2D eigenvalue weighted by molar-refractivity contribution is -0.154. The first-order valence-corrected chi connectivity index (χ1v) is 9.71. The van der Waals surface area contributed by atoms with E-state index in [1.54, 1.807) is 0 Å². The Labute approximate surface area is 143 Å². The molecule has 2 unspecified atom stereocenters. The maximum atomic E-state index is 11.4. The summed E-state index contributed by atoms with van der Waals surface area (Å²) in [5, 5.41) is 9.15. The van der Waals surface area contributed by atoms with E-state index in [2.05, 4.69) is 6.92 Å². The van der Waals surface area contributed by atoms with Crippen molar-refractivity contribution >= 4 is 5.97 Å². The summed E-state index contributed by atoms with van der Waals surface area (Å²) in [5.74, 6) is -0.304.